The third-order valence-corrected chi connectivity index (χ3v) is 5.16. The molecule has 1 saturated heterocycles. The maximum Gasteiger partial charge on any atom is 0.301 e. The lowest BCUT2D eigenvalue weighted by Gasteiger charge is -2.29. The van der Waals surface area contributed by atoms with Crippen molar-refractivity contribution < 1.29 is 13.6 Å². The molecule has 116 valence electrons. The van der Waals surface area contributed by atoms with Crippen LogP contribution in [0.1, 0.15) is 25.3 Å². The highest BCUT2D eigenvalue weighted by atomic mass is 32.2. The number of benzene rings is 1. The minimum absolute atomic E-state index is 0.0191. The molecule has 0 aromatic heterocycles. The molecule has 0 amide bonds. The van der Waals surface area contributed by atoms with Gasteiger partial charge in [-0.2, -0.15) is 12.7 Å². The van der Waals surface area contributed by atoms with Crippen molar-refractivity contribution in [3.63, 3.8) is 0 Å². The summed E-state index contributed by atoms with van der Waals surface area (Å²) in [6, 6.07) is 6.34. The minimum Gasteiger partial charge on any atom is -0.409 e. The molecule has 0 saturated carbocycles. The molecule has 1 aromatic carbocycles. The number of hydrogen-bond acceptors (Lipinski definition) is 4. The van der Waals surface area contributed by atoms with E-state index in [-0.39, 0.29) is 5.84 Å². The molecule has 4 N–H and O–H groups in total. The van der Waals surface area contributed by atoms with Gasteiger partial charge in [-0.1, -0.05) is 12.1 Å². The monoisotopic (exact) mass is 312 g/mol. The van der Waals surface area contributed by atoms with Crippen molar-refractivity contribution in [2.75, 3.05) is 17.8 Å². The maximum atomic E-state index is 12.3. The first kappa shape index (κ1) is 15.6. The second kappa shape index (κ2) is 6.31. The number of nitrogens with zero attached hydrogens (tertiary/aromatic N) is 2. The lowest BCUT2D eigenvalue weighted by molar-refractivity contribution is 0.289. The van der Waals surface area contributed by atoms with Gasteiger partial charge in [-0.3, -0.25) is 4.72 Å². The average Bonchev–Trinajstić information content (AvgIpc) is 2.47. The van der Waals surface area contributed by atoms with E-state index in [0.29, 0.717) is 30.3 Å². The Morgan fingerprint density at radius 1 is 1.33 bits per heavy atom. The summed E-state index contributed by atoms with van der Waals surface area (Å²) in [6.07, 6.45) is 1.76. The summed E-state index contributed by atoms with van der Waals surface area (Å²) in [4.78, 5) is 0. The number of amidine groups is 1. The Balaban J connectivity index is 2.06. The smallest absolute Gasteiger partial charge is 0.301 e. The van der Waals surface area contributed by atoms with Crippen molar-refractivity contribution in [1.29, 1.82) is 0 Å². The van der Waals surface area contributed by atoms with Crippen LogP contribution < -0.4 is 10.5 Å². The molecule has 0 radical (unpaired) electrons. The summed E-state index contributed by atoms with van der Waals surface area (Å²) >= 11 is 0. The summed E-state index contributed by atoms with van der Waals surface area (Å²) < 4.78 is 28.5. The van der Waals surface area contributed by atoms with Gasteiger partial charge in [0.15, 0.2) is 5.84 Å². The first-order valence-corrected chi connectivity index (χ1v) is 8.22. The molecular weight excluding hydrogens is 292 g/mol. The highest BCUT2D eigenvalue weighted by molar-refractivity contribution is 7.90. The number of rotatable bonds is 4. The molecule has 0 atom stereocenters. The van der Waals surface area contributed by atoms with Gasteiger partial charge in [-0.15, -0.1) is 0 Å². The van der Waals surface area contributed by atoms with Crippen LogP contribution >= 0.6 is 0 Å². The first-order valence-electron chi connectivity index (χ1n) is 6.78. The van der Waals surface area contributed by atoms with E-state index in [9.17, 15) is 8.42 Å². The minimum atomic E-state index is -3.53. The SMILES string of the molecule is CC1CCN(S(=O)(=O)Nc2ccc(/C(N)=N/O)cc2)CC1. The van der Waals surface area contributed by atoms with Crippen molar-refractivity contribution in [3.8, 4) is 0 Å². The van der Waals surface area contributed by atoms with Gasteiger partial charge in [0.2, 0.25) is 0 Å². The second-order valence-corrected chi connectivity index (χ2v) is 6.92. The zero-order valence-corrected chi connectivity index (χ0v) is 12.7. The van der Waals surface area contributed by atoms with Crippen LogP contribution in [0.25, 0.3) is 0 Å². The van der Waals surface area contributed by atoms with E-state index in [1.54, 1.807) is 24.3 Å². The van der Waals surface area contributed by atoms with Gasteiger partial charge >= 0.3 is 10.2 Å². The number of oxime groups is 1. The molecule has 8 heteroatoms. The molecule has 21 heavy (non-hydrogen) atoms. The van der Waals surface area contributed by atoms with E-state index >= 15 is 0 Å². The van der Waals surface area contributed by atoms with E-state index in [2.05, 4.69) is 16.8 Å². The molecule has 1 heterocycles. The topological polar surface area (TPSA) is 108 Å². The Kier molecular flexibility index (Phi) is 4.69. The maximum absolute atomic E-state index is 12.3. The fraction of sp³-hybridized carbons (Fsp3) is 0.462. The summed E-state index contributed by atoms with van der Waals surface area (Å²) in [5.41, 5.74) is 6.42. The van der Waals surface area contributed by atoms with E-state index < -0.39 is 10.2 Å². The normalized spacial score (nSPS) is 18.6. The van der Waals surface area contributed by atoms with Gasteiger partial charge in [0, 0.05) is 24.3 Å². The molecule has 7 nitrogen and oxygen atoms in total. The first-order chi connectivity index (χ1) is 9.92. The molecule has 1 aliphatic heterocycles. The summed E-state index contributed by atoms with van der Waals surface area (Å²) in [6.45, 7) is 3.21. The summed E-state index contributed by atoms with van der Waals surface area (Å²) in [5, 5.41) is 11.5. The van der Waals surface area contributed by atoms with Crippen LogP contribution in [0, 0.1) is 5.92 Å². The molecular formula is C13H20N4O3S. The van der Waals surface area contributed by atoms with E-state index in [1.807, 2.05) is 0 Å². The highest BCUT2D eigenvalue weighted by Gasteiger charge is 2.26. The van der Waals surface area contributed by atoms with E-state index in [4.69, 9.17) is 10.9 Å². The number of piperidine rings is 1. The van der Waals surface area contributed by atoms with Crippen molar-refractivity contribution in [2.24, 2.45) is 16.8 Å². The lowest BCUT2D eigenvalue weighted by Crippen LogP contribution is -2.41. The molecule has 1 aromatic rings. The summed E-state index contributed by atoms with van der Waals surface area (Å²) in [5.74, 6) is 0.547. The fourth-order valence-corrected chi connectivity index (χ4v) is 3.46. The Hall–Kier alpha value is -1.80. The zero-order valence-electron chi connectivity index (χ0n) is 11.9. The second-order valence-electron chi connectivity index (χ2n) is 5.25. The van der Waals surface area contributed by atoms with Crippen LogP contribution in [0.2, 0.25) is 0 Å². The Bertz CT molecular complexity index is 605. The van der Waals surface area contributed by atoms with Gasteiger partial charge in [0.05, 0.1) is 0 Å². The zero-order chi connectivity index (χ0) is 15.5. The largest absolute Gasteiger partial charge is 0.409 e. The number of anilines is 1. The van der Waals surface area contributed by atoms with E-state index in [0.717, 1.165) is 12.8 Å². The molecule has 1 fully saturated rings. The third-order valence-electron chi connectivity index (χ3n) is 3.62. The third kappa shape index (κ3) is 3.85. The standard InChI is InChI=1S/C13H20N4O3S/c1-10-6-8-17(9-7-10)21(19,20)16-12-4-2-11(3-5-12)13(14)15-18/h2-5,10,16,18H,6-9H2,1H3,(H2,14,15). The van der Waals surface area contributed by atoms with Crippen LogP contribution in [0.5, 0.6) is 0 Å². The van der Waals surface area contributed by atoms with Crippen LogP contribution in [0.15, 0.2) is 29.4 Å². The van der Waals surface area contributed by atoms with Crippen molar-refractivity contribution >= 4 is 21.7 Å². The van der Waals surface area contributed by atoms with Crippen molar-refractivity contribution in [1.82, 2.24) is 4.31 Å². The quantitative estimate of drug-likeness (QED) is 0.335. The molecule has 0 aliphatic carbocycles. The Morgan fingerprint density at radius 3 is 2.43 bits per heavy atom. The predicted molar refractivity (Wildman–Crippen MR) is 81.5 cm³/mol. The Morgan fingerprint density at radius 2 is 1.90 bits per heavy atom. The fourth-order valence-electron chi connectivity index (χ4n) is 2.21. The van der Waals surface area contributed by atoms with Crippen LogP contribution in [-0.4, -0.2) is 36.9 Å². The van der Waals surface area contributed by atoms with Crippen molar-refractivity contribution in [2.45, 2.75) is 19.8 Å². The van der Waals surface area contributed by atoms with Gasteiger partial charge in [-0.25, -0.2) is 0 Å². The van der Waals surface area contributed by atoms with E-state index in [1.165, 1.54) is 4.31 Å². The number of nitrogens with two attached hydrogens (primary N) is 1. The van der Waals surface area contributed by atoms with Gasteiger partial charge < -0.3 is 10.9 Å². The molecule has 0 bridgehead atoms. The highest BCUT2D eigenvalue weighted by Crippen LogP contribution is 2.20. The van der Waals surface area contributed by atoms with Gasteiger partial charge in [-0.05, 0) is 43.0 Å². The van der Waals surface area contributed by atoms with Crippen molar-refractivity contribution in [3.05, 3.63) is 29.8 Å². The molecule has 1 aliphatic rings. The lowest BCUT2D eigenvalue weighted by atomic mass is 10.0. The summed E-state index contributed by atoms with van der Waals surface area (Å²) in [7, 11) is -3.53. The molecule has 0 unspecified atom stereocenters. The van der Waals surface area contributed by atoms with Crippen LogP contribution in [-0.2, 0) is 10.2 Å². The predicted octanol–water partition coefficient (Wildman–Crippen LogP) is 1.17. The number of nitrogens with one attached hydrogen (secondary N) is 1. The average molecular weight is 312 g/mol. The van der Waals surface area contributed by atoms with Crippen LogP contribution in [0.3, 0.4) is 0 Å². The molecule has 2 rings (SSSR count). The Labute approximate surface area is 124 Å². The molecule has 0 spiro atoms. The van der Waals surface area contributed by atoms with Gasteiger partial charge in [0.1, 0.15) is 0 Å². The van der Waals surface area contributed by atoms with Gasteiger partial charge in [0.25, 0.3) is 0 Å². The number of hydrogen-bond donors (Lipinski definition) is 3. The van der Waals surface area contributed by atoms with Crippen LogP contribution in [0.4, 0.5) is 5.69 Å².